The zero-order valence-electron chi connectivity index (χ0n) is 14.4. The average Bonchev–Trinajstić information content (AvgIpc) is 2.57. The fourth-order valence-electron chi connectivity index (χ4n) is 2.35. The summed E-state index contributed by atoms with van der Waals surface area (Å²) in [7, 11) is 3.54. The summed E-state index contributed by atoms with van der Waals surface area (Å²) < 4.78 is 10.5. The Kier molecular flexibility index (Phi) is 6.63. The molecule has 0 aliphatic carbocycles. The minimum Gasteiger partial charge on any atom is -0.497 e. The number of amides is 1. The summed E-state index contributed by atoms with van der Waals surface area (Å²) in [5, 5.41) is 2.88. The largest absolute Gasteiger partial charge is 0.497 e. The lowest BCUT2D eigenvalue weighted by atomic mass is 10.2. The molecule has 5 nitrogen and oxygen atoms in total. The van der Waals surface area contributed by atoms with Crippen LogP contribution in [0.5, 0.6) is 11.5 Å². The van der Waals surface area contributed by atoms with Crippen LogP contribution in [-0.2, 0) is 11.3 Å². The quantitative estimate of drug-likeness (QED) is 0.809. The molecule has 0 unspecified atom stereocenters. The molecule has 128 valence electrons. The van der Waals surface area contributed by atoms with Crippen LogP contribution in [0.25, 0.3) is 0 Å². The summed E-state index contributed by atoms with van der Waals surface area (Å²) in [6.45, 7) is 3.63. The highest BCUT2D eigenvalue weighted by atomic mass is 16.5. The summed E-state index contributed by atoms with van der Waals surface area (Å²) in [5.74, 6) is 1.58. The number of nitrogens with zero attached hydrogens (tertiary/aromatic N) is 1. The molecule has 0 spiro atoms. The first-order valence-corrected chi connectivity index (χ1v) is 7.95. The van der Waals surface area contributed by atoms with Gasteiger partial charge in [-0.2, -0.15) is 0 Å². The molecule has 5 heteroatoms. The first-order valence-electron chi connectivity index (χ1n) is 7.95. The van der Waals surface area contributed by atoms with Crippen molar-refractivity contribution in [1.82, 2.24) is 4.90 Å². The van der Waals surface area contributed by atoms with E-state index in [1.807, 2.05) is 67.4 Å². The molecule has 0 saturated heterocycles. The summed E-state index contributed by atoms with van der Waals surface area (Å²) in [6, 6.07) is 15.2. The van der Waals surface area contributed by atoms with Crippen molar-refractivity contribution in [3.8, 4) is 11.5 Å². The maximum Gasteiger partial charge on any atom is 0.238 e. The second-order valence-corrected chi connectivity index (χ2v) is 5.53. The van der Waals surface area contributed by atoms with Crippen LogP contribution in [-0.4, -0.2) is 38.1 Å². The molecule has 2 aromatic rings. The second-order valence-electron chi connectivity index (χ2n) is 5.53. The van der Waals surface area contributed by atoms with Crippen molar-refractivity contribution < 1.29 is 14.3 Å². The highest BCUT2D eigenvalue weighted by molar-refractivity contribution is 5.92. The van der Waals surface area contributed by atoms with E-state index in [-0.39, 0.29) is 5.91 Å². The zero-order chi connectivity index (χ0) is 17.4. The van der Waals surface area contributed by atoms with Crippen molar-refractivity contribution in [3.63, 3.8) is 0 Å². The van der Waals surface area contributed by atoms with Crippen LogP contribution in [0.3, 0.4) is 0 Å². The highest BCUT2D eigenvalue weighted by Gasteiger charge is 2.08. The van der Waals surface area contributed by atoms with E-state index in [1.165, 1.54) is 0 Å². The van der Waals surface area contributed by atoms with Gasteiger partial charge in [0.15, 0.2) is 0 Å². The van der Waals surface area contributed by atoms with Crippen LogP contribution >= 0.6 is 0 Å². The predicted molar refractivity (Wildman–Crippen MR) is 95.6 cm³/mol. The van der Waals surface area contributed by atoms with Gasteiger partial charge in [0.05, 0.1) is 20.3 Å². The second kappa shape index (κ2) is 8.93. The van der Waals surface area contributed by atoms with E-state index in [0.717, 1.165) is 22.7 Å². The number of likely N-dealkylation sites (N-methyl/N-ethyl adjacent to an activating group) is 1. The Labute approximate surface area is 143 Å². The third kappa shape index (κ3) is 5.59. The molecule has 0 bridgehead atoms. The van der Waals surface area contributed by atoms with E-state index < -0.39 is 0 Å². The van der Waals surface area contributed by atoms with Crippen molar-refractivity contribution >= 4 is 11.6 Å². The molecule has 0 heterocycles. The number of benzene rings is 2. The Balaban J connectivity index is 1.82. The molecule has 1 amide bonds. The first-order chi connectivity index (χ1) is 11.6. The molecule has 1 N–H and O–H groups in total. The zero-order valence-corrected chi connectivity index (χ0v) is 14.4. The number of anilines is 1. The van der Waals surface area contributed by atoms with Crippen LogP contribution in [0.4, 0.5) is 5.69 Å². The molecule has 2 rings (SSSR count). The monoisotopic (exact) mass is 328 g/mol. The maximum absolute atomic E-state index is 12.1. The van der Waals surface area contributed by atoms with Gasteiger partial charge in [-0.1, -0.05) is 12.1 Å². The van der Waals surface area contributed by atoms with Gasteiger partial charge in [0.2, 0.25) is 5.91 Å². The summed E-state index contributed by atoms with van der Waals surface area (Å²) in [5.41, 5.74) is 1.90. The summed E-state index contributed by atoms with van der Waals surface area (Å²) >= 11 is 0. The number of hydrogen-bond donors (Lipinski definition) is 1. The number of rotatable bonds is 8. The van der Waals surface area contributed by atoms with Crippen LogP contribution in [0, 0.1) is 0 Å². The molecular formula is C19H24N2O3. The van der Waals surface area contributed by atoms with Crippen molar-refractivity contribution in [1.29, 1.82) is 0 Å². The van der Waals surface area contributed by atoms with Crippen molar-refractivity contribution in [2.24, 2.45) is 0 Å². The minimum atomic E-state index is -0.0476. The number of hydrogen-bond acceptors (Lipinski definition) is 4. The van der Waals surface area contributed by atoms with Gasteiger partial charge in [-0.05, 0) is 55.9 Å². The highest BCUT2D eigenvalue weighted by Crippen LogP contribution is 2.15. The van der Waals surface area contributed by atoms with Gasteiger partial charge < -0.3 is 14.8 Å². The fraction of sp³-hybridized carbons (Fsp3) is 0.316. The molecule has 0 aromatic heterocycles. The smallest absolute Gasteiger partial charge is 0.238 e. The van der Waals surface area contributed by atoms with Crippen molar-refractivity contribution in [2.45, 2.75) is 13.5 Å². The normalized spacial score (nSPS) is 10.5. The molecule has 0 aliphatic heterocycles. The fourth-order valence-corrected chi connectivity index (χ4v) is 2.35. The van der Waals surface area contributed by atoms with Crippen LogP contribution in [0.2, 0.25) is 0 Å². The minimum absolute atomic E-state index is 0.0476. The van der Waals surface area contributed by atoms with E-state index in [1.54, 1.807) is 7.11 Å². The van der Waals surface area contributed by atoms with Gasteiger partial charge in [-0.15, -0.1) is 0 Å². The first kappa shape index (κ1) is 17.8. The number of nitrogens with one attached hydrogen (secondary N) is 1. The molecule has 0 saturated carbocycles. The maximum atomic E-state index is 12.1. The molecule has 0 atom stereocenters. The van der Waals surface area contributed by atoms with Crippen LogP contribution in [0.1, 0.15) is 12.5 Å². The Morgan fingerprint density at radius 3 is 2.25 bits per heavy atom. The van der Waals surface area contributed by atoms with Gasteiger partial charge >= 0.3 is 0 Å². The predicted octanol–water partition coefficient (Wildman–Crippen LogP) is 3.16. The molecule has 0 radical (unpaired) electrons. The van der Waals surface area contributed by atoms with Crippen molar-refractivity contribution in [2.75, 3.05) is 32.6 Å². The molecule has 24 heavy (non-hydrogen) atoms. The average molecular weight is 328 g/mol. The Hall–Kier alpha value is -2.53. The Bertz CT molecular complexity index is 639. The van der Waals surface area contributed by atoms with Gasteiger partial charge in [0.1, 0.15) is 11.5 Å². The van der Waals surface area contributed by atoms with E-state index >= 15 is 0 Å². The lowest BCUT2D eigenvalue weighted by Gasteiger charge is -2.16. The molecular weight excluding hydrogens is 304 g/mol. The molecule has 0 aliphatic rings. The number of carbonyl (C=O) groups is 1. The van der Waals surface area contributed by atoms with E-state index in [4.69, 9.17) is 9.47 Å². The topological polar surface area (TPSA) is 50.8 Å². The number of ether oxygens (including phenoxy) is 2. The van der Waals surface area contributed by atoms with Gasteiger partial charge in [-0.25, -0.2) is 0 Å². The Morgan fingerprint density at radius 1 is 1.04 bits per heavy atom. The molecule has 0 fully saturated rings. The number of carbonyl (C=O) groups excluding carboxylic acids is 1. The molecule has 2 aromatic carbocycles. The van der Waals surface area contributed by atoms with Crippen LogP contribution in [0.15, 0.2) is 48.5 Å². The third-order valence-corrected chi connectivity index (χ3v) is 3.47. The van der Waals surface area contributed by atoms with Gasteiger partial charge in [0, 0.05) is 12.2 Å². The van der Waals surface area contributed by atoms with Crippen LogP contribution < -0.4 is 14.8 Å². The Morgan fingerprint density at radius 2 is 1.67 bits per heavy atom. The van der Waals surface area contributed by atoms with Gasteiger partial charge in [-0.3, -0.25) is 9.69 Å². The number of methoxy groups -OCH3 is 1. The standard InChI is InChI=1S/C19H24N2O3/c1-4-24-18-9-5-15(6-10-18)13-21(2)14-19(22)20-16-7-11-17(23-3)12-8-16/h5-12H,4,13-14H2,1-3H3,(H,20,22). The SMILES string of the molecule is CCOc1ccc(CN(C)CC(=O)Nc2ccc(OC)cc2)cc1. The summed E-state index contributed by atoms with van der Waals surface area (Å²) in [6.07, 6.45) is 0. The van der Waals surface area contributed by atoms with E-state index in [0.29, 0.717) is 19.7 Å². The third-order valence-electron chi connectivity index (χ3n) is 3.47. The lowest BCUT2D eigenvalue weighted by molar-refractivity contribution is -0.117. The van der Waals surface area contributed by atoms with E-state index in [2.05, 4.69) is 5.32 Å². The lowest BCUT2D eigenvalue weighted by Crippen LogP contribution is -2.29. The van der Waals surface area contributed by atoms with Gasteiger partial charge in [0.25, 0.3) is 0 Å². The van der Waals surface area contributed by atoms with Crippen molar-refractivity contribution in [3.05, 3.63) is 54.1 Å². The van der Waals surface area contributed by atoms with E-state index in [9.17, 15) is 4.79 Å². The summed E-state index contributed by atoms with van der Waals surface area (Å²) in [4.78, 5) is 14.1.